The largest absolute Gasteiger partial charge is 0.326 e. The number of hydrogen-bond acceptors (Lipinski definition) is 4. The maximum absolute atomic E-state index is 6.12. The molecule has 2 nitrogen and oxygen atoms in total. The van der Waals surface area contributed by atoms with Crippen molar-refractivity contribution in [2.45, 2.75) is 21.4 Å². The lowest BCUT2D eigenvalue weighted by Gasteiger charge is -2.11. The molecular formula is C13H13ClN2S2. The summed E-state index contributed by atoms with van der Waals surface area (Å²) >= 11 is 9.38. The average molecular weight is 297 g/mol. The second-order valence-electron chi connectivity index (χ2n) is 3.53. The van der Waals surface area contributed by atoms with Gasteiger partial charge in [0, 0.05) is 22.5 Å². The zero-order chi connectivity index (χ0) is 13.0. The van der Waals surface area contributed by atoms with Gasteiger partial charge in [0.1, 0.15) is 5.03 Å². The van der Waals surface area contributed by atoms with Gasteiger partial charge in [-0.15, -0.1) is 11.8 Å². The maximum Gasteiger partial charge on any atom is 0.119 e. The lowest BCUT2D eigenvalue weighted by Crippen LogP contribution is -2.00. The van der Waals surface area contributed by atoms with Crippen LogP contribution in [0.25, 0.3) is 0 Å². The highest BCUT2D eigenvalue weighted by atomic mass is 35.5. The zero-order valence-electron chi connectivity index (χ0n) is 9.89. The molecule has 2 rings (SSSR count). The van der Waals surface area contributed by atoms with Gasteiger partial charge in [-0.25, -0.2) is 4.98 Å². The molecular weight excluding hydrogens is 284 g/mol. The van der Waals surface area contributed by atoms with E-state index in [1.54, 1.807) is 29.7 Å². The molecule has 0 atom stereocenters. The Hall–Kier alpha value is -0.680. The van der Waals surface area contributed by atoms with Crippen molar-refractivity contribution in [3.63, 3.8) is 0 Å². The zero-order valence-corrected chi connectivity index (χ0v) is 12.3. The van der Waals surface area contributed by atoms with Gasteiger partial charge in [-0.05, 0) is 36.1 Å². The number of thioether (sulfide) groups is 1. The molecule has 2 aromatic rings. The van der Waals surface area contributed by atoms with E-state index in [-0.39, 0.29) is 0 Å². The van der Waals surface area contributed by atoms with Crippen molar-refractivity contribution in [3.8, 4) is 0 Å². The molecule has 0 amide bonds. The van der Waals surface area contributed by atoms with Crippen molar-refractivity contribution >= 4 is 35.1 Å². The Labute approximate surface area is 120 Å². The van der Waals surface area contributed by atoms with Gasteiger partial charge in [-0.3, -0.25) is 0 Å². The van der Waals surface area contributed by atoms with Gasteiger partial charge in [0.05, 0.1) is 5.02 Å². The Morgan fingerprint density at radius 2 is 2.00 bits per heavy atom. The monoisotopic (exact) mass is 296 g/mol. The molecule has 2 N–H and O–H groups in total. The molecule has 18 heavy (non-hydrogen) atoms. The summed E-state index contributed by atoms with van der Waals surface area (Å²) in [6.07, 6.45) is 3.80. The highest BCUT2D eigenvalue weighted by Gasteiger charge is 2.10. The van der Waals surface area contributed by atoms with Crippen LogP contribution in [0, 0.1) is 0 Å². The van der Waals surface area contributed by atoms with Gasteiger partial charge in [0.2, 0.25) is 0 Å². The average Bonchev–Trinajstić information content (AvgIpc) is 2.41. The van der Waals surface area contributed by atoms with Gasteiger partial charge in [0.15, 0.2) is 0 Å². The van der Waals surface area contributed by atoms with Crippen molar-refractivity contribution in [2.24, 2.45) is 5.73 Å². The third kappa shape index (κ3) is 3.01. The molecule has 1 heterocycles. The number of halogens is 1. The number of nitrogens with two attached hydrogens (primary N) is 1. The van der Waals surface area contributed by atoms with Crippen LogP contribution in [-0.4, -0.2) is 11.2 Å². The minimum atomic E-state index is 0.518. The van der Waals surface area contributed by atoms with Gasteiger partial charge in [0.25, 0.3) is 0 Å². The number of benzene rings is 1. The molecule has 0 fully saturated rings. The first-order valence-electron chi connectivity index (χ1n) is 5.40. The van der Waals surface area contributed by atoms with E-state index in [1.165, 1.54) is 4.90 Å². The lowest BCUT2D eigenvalue weighted by molar-refractivity contribution is 0.978. The van der Waals surface area contributed by atoms with Gasteiger partial charge in [-0.1, -0.05) is 29.4 Å². The molecule has 0 saturated carbocycles. The molecule has 0 unspecified atom stereocenters. The number of rotatable bonds is 4. The number of aromatic nitrogens is 1. The fraction of sp³-hybridized carbons (Fsp3) is 0.154. The van der Waals surface area contributed by atoms with Crippen LogP contribution in [0.2, 0.25) is 5.02 Å². The number of nitrogens with zero attached hydrogens (tertiary/aromatic N) is 1. The summed E-state index contributed by atoms with van der Waals surface area (Å²) in [6, 6.07) is 9.84. The van der Waals surface area contributed by atoms with Crippen molar-refractivity contribution in [1.29, 1.82) is 0 Å². The van der Waals surface area contributed by atoms with Crippen molar-refractivity contribution < 1.29 is 0 Å². The fourth-order valence-electron chi connectivity index (χ4n) is 1.58. The number of hydrogen-bond donors (Lipinski definition) is 1. The van der Waals surface area contributed by atoms with Crippen LogP contribution in [0.4, 0.5) is 0 Å². The van der Waals surface area contributed by atoms with Crippen LogP contribution in [0.1, 0.15) is 5.56 Å². The number of pyridine rings is 1. The summed E-state index contributed by atoms with van der Waals surface area (Å²) in [4.78, 5) is 6.61. The normalized spacial score (nSPS) is 10.6. The topological polar surface area (TPSA) is 38.9 Å². The van der Waals surface area contributed by atoms with Crippen molar-refractivity contribution in [3.05, 3.63) is 47.1 Å². The van der Waals surface area contributed by atoms with Crippen LogP contribution in [0.3, 0.4) is 0 Å². The van der Waals surface area contributed by atoms with E-state index in [4.69, 9.17) is 17.3 Å². The molecule has 5 heteroatoms. The maximum atomic E-state index is 6.12. The first-order valence-corrected chi connectivity index (χ1v) is 7.82. The SMILES string of the molecule is CSc1cccc(Sc2ncccc2Cl)c1CN. The standard InChI is InChI=1S/C13H13ClN2S2/c1-17-11-5-2-6-12(9(11)8-15)18-13-10(14)4-3-7-16-13/h2-7H,8,15H2,1H3. The van der Waals surface area contributed by atoms with Gasteiger partial charge in [-0.2, -0.15) is 0 Å². The molecule has 0 aliphatic heterocycles. The van der Waals surface area contributed by atoms with E-state index in [9.17, 15) is 0 Å². The minimum absolute atomic E-state index is 0.518. The van der Waals surface area contributed by atoms with E-state index in [1.807, 2.05) is 18.2 Å². The molecule has 0 aliphatic rings. The highest BCUT2D eigenvalue weighted by Crippen LogP contribution is 2.36. The van der Waals surface area contributed by atoms with Crippen LogP contribution in [0.15, 0.2) is 51.3 Å². The molecule has 1 aromatic heterocycles. The summed E-state index contributed by atoms with van der Waals surface area (Å²) < 4.78 is 0. The summed E-state index contributed by atoms with van der Waals surface area (Å²) in [7, 11) is 0. The van der Waals surface area contributed by atoms with Crippen molar-refractivity contribution in [1.82, 2.24) is 4.98 Å². The van der Waals surface area contributed by atoms with E-state index >= 15 is 0 Å². The molecule has 1 aromatic carbocycles. The molecule has 0 aliphatic carbocycles. The predicted molar refractivity (Wildman–Crippen MR) is 79.5 cm³/mol. The Kier molecular flexibility index (Phi) is 4.95. The lowest BCUT2D eigenvalue weighted by atomic mass is 10.2. The van der Waals surface area contributed by atoms with E-state index in [2.05, 4.69) is 23.4 Å². The first kappa shape index (κ1) is 13.7. The van der Waals surface area contributed by atoms with Crippen LogP contribution < -0.4 is 5.73 Å². The Morgan fingerprint density at radius 1 is 1.22 bits per heavy atom. The third-order valence-corrected chi connectivity index (χ3v) is 4.81. The summed E-state index contributed by atoms with van der Waals surface area (Å²) in [5.74, 6) is 0. The van der Waals surface area contributed by atoms with E-state index in [0.717, 1.165) is 15.5 Å². The Balaban J connectivity index is 2.37. The van der Waals surface area contributed by atoms with Crippen molar-refractivity contribution in [2.75, 3.05) is 6.26 Å². The van der Waals surface area contributed by atoms with Gasteiger partial charge < -0.3 is 5.73 Å². The minimum Gasteiger partial charge on any atom is -0.326 e. The van der Waals surface area contributed by atoms with E-state index in [0.29, 0.717) is 11.6 Å². The molecule has 0 radical (unpaired) electrons. The van der Waals surface area contributed by atoms with Crippen LogP contribution >= 0.6 is 35.1 Å². The molecule has 94 valence electrons. The van der Waals surface area contributed by atoms with Gasteiger partial charge >= 0.3 is 0 Å². The molecule has 0 spiro atoms. The van der Waals surface area contributed by atoms with E-state index < -0.39 is 0 Å². The summed E-state index contributed by atoms with van der Waals surface area (Å²) in [6.45, 7) is 0.518. The highest BCUT2D eigenvalue weighted by molar-refractivity contribution is 8.00. The Morgan fingerprint density at radius 3 is 2.67 bits per heavy atom. The molecule has 0 saturated heterocycles. The van der Waals surface area contributed by atoms with Crippen LogP contribution in [0.5, 0.6) is 0 Å². The summed E-state index contributed by atoms with van der Waals surface area (Å²) in [5.41, 5.74) is 6.99. The third-order valence-electron chi connectivity index (χ3n) is 2.45. The van der Waals surface area contributed by atoms with Crippen LogP contribution in [-0.2, 0) is 6.54 Å². The summed E-state index contributed by atoms with van der Waals surface area (Å²) in [5, 5.41) is 1.48. The second-order valence-corrected chi connectivity index (χ2v) is 5.82. The predicted octanol–water partition coefficient (Wildman–Crippen LogP) is 4.07. The second kappa shape index (κ2) is 6.48. The fourth-order valence-corrected chi connectivity index (χ4v) is 3.49. The molecule has 0 bridgehead atoms. The smallest absolute Gasteiger partial charge is 0.119 e. The Bertz CT molecular complexity index is 546. The quantitative estimate of drug-likeness (QED) is 0.863. The first-order chi connectivity index (χ1) is 8.76.